The minimum atomic E-state index is -1.02. The van der Waals surface area contributed by atoms with E-state index >= 15 is 0 Å². The number of aliphatic hydroxyl groups is 2. The van der Waals surface area contributed by atoms with Gasteiger partial charge >= 0.3 is 0 Å². The molecule has 20 heavy (non-hydrogen) atoms. The molecule has 0 saturated carbocycles. The summed E-state index contributed by atoms with van der Waals surface area (Å²) >= 11 is 9.08. The molecule has 0 atom stereocenters. The number of aliphatic hydroxyl groups excluding tert-OH is 2. The predicted molar refractivity (Wildman–Crippen MR) is 80.0 cm³/mol. The van der Waals surface area contributed by atoms with Crippen LogP contribution in [0.5, 0.6) is 5.75 Å². The molecule has 0 aromatic heterocycles. The highest BCUT2D eigenvalue weighted by molar-refractivity contribution is 9.10. The van der Waals surface area contributed by atoms with E-state index in [0.717, 1.165) is 0 Å². The summed E-state index contributed by atoms with van der Waals surface area (Å²) in [6, 6.07) is 4.95. The Morgan fingerprint density at radius 2 is 2.10 bits per heavy atom. The molecule has 0 bridgehead atoms. The van der Waals surface area contributed by atoms with Crippen LogP contribution in [0.1, 0.15) is 13.3 Å². The van der Waals surface area contributed by atoms with E-state index in [0.29, 0.717) is 21.7 Å². The van der Waals surface area contributed by atoms with Crippen molar-refractivity contribution in [2.24, 2.45) is 0 Å². The Bertz CT molecular complexity index is 457. The van der Waals surface area contributed by atoms with Crippen LogP contribution >= 0.6 is 27.5 Å². The van der Waals surface area contributed by atoms with E-state index < -0.39 is 11.4 Å². The Kier molecular flexibility index (Phi) is 6.75. The maximum Gasteiger partial charge on any atom is 0.258 e. The first-order valence-corrected chi connectivity index (χ1v) is 7.24. The summed E-state index contributed by atoms with van der Waals surface area (Å²) in [6.45, 7) is 0.873. The molecule has 1 aromatic carbocycles. The van der Waals surface area contributed by atoms with Crippen LogP contribution in [-0.4, -0.2) is 41.5 Å². The second-order valence-corrected chi connectivity index (χ2v) is 5.65. The number of hydrogen-bond donors (Lipinski definition) is 3. The van der Waals surface area contributed by atoms with Crippen molar-refractivity contribution in [3.05, 3.63) is 27.7 Å². The van der Waals surface area contributed by atoms with Crippen LogP contribution in [0.3, 0.4) is 0 Å². The summed E-state index contributed by atoms with van der Waals surface area (Å²) in [5.41, 5.74) is -1.02. The van der Waals surface area contributed by atoms with E-state index in [1.807, 2.05) is 0 Å². The van der Waals surface area contributed by atoms with Gasteiger partial charge in [-0.3, -0.25) is 4.79 Å². The fourth-order valence-corrected chi connectivity index (χ4v) is 2.31. The molecule has 0 spiro atoms. The summed E-state index contributed by atoms with van der Waals surface area (Å²) in [5, 5.41) is 21.6. The highest BCUT2D eigenvalue weighted by Crippen LogP contribution is 2.27. The number of carbonyl (C=O) groups is 1. The third kappa shape index (κ3) is 4.63. The minimum absolute atomic E-state index is 0.220. The average molecular weight is 367 g/mol. The van der Waals surface area contributed by atoms with E-state index in [4.69, 9.17) is 16.3 Å². The summed E-state index contributed by atoms with van der Waals surface area (Å²) in [7, 11) is 0. The van der Waals surface area contributed by atoms with Crippen LogP contribution in [0.2, 0.25) is 5.02 Å². The maximum absolute atomic E-state index is 11.8. The monoisotopic (exact) mass is 365 g/mol. The summed E-state index contributed by atoms with van der Waals surface area (Å²) in [5.74, 6) is 0.0662. The number of halogens is 2. The van der Waals surface area contributed by atoms with Gasteiger partial charge in [0.05, 0.1) is 23.2 Å². The number of nitrogens with one attached hydrogen (secondary N) is 1. The van der Waals surface area contributed by atoms with E-state index in [1.165, 1.54) is 0 Å². The van der Waals surface area contributed by atoms with E-state index in [9.17, 15) is 15.0 Å². The van der Waals surface area contributed by atoms with Crippen LogP contribution in [-0.2, 0) is 4.79 Å². The van der Waals surface area contributed by atoms with E-state index in [1.54, 1.807) is 25.1 Å². The molecule has 1 aromatic rings. The molecule has 0 aliphatic rings. The quantitative estimate of drug-likeness (QED) is 0.687. The standard InChI is InChI=1S/C13H17BrClNO4/c1-2-13(7-17,8-18)16-12(19)6-20-11-4-3-9(15)5-10(11)14/h3-5,17-18H,2,6-8H2,1H3,(H,16,19). The average Bonchev–Trinajstić information content (AvgIpc) is 2.44. The number of amides is 1. The minimum Gasteiger partial charge on any atom is -0.483 e. The molecular weight excluding hydrogens is 350 g/mol. The molecule has 5 nitrogen and oxygen atoms in total. The molecule has 3 N–H and O–H groups in total. The van der Waals surface area contributed by atoms with Crippen molar-refractivity contribution in [2.45, 2.75) is 18.9 Å². The molecule has 0 aliphatic carbocycles. The highest BCUT2D eigenvalue weighted by atomic mass is 79.9. The Hall–Kier alpha value is -0.820. The molecule has 112 valence electrons. The Labute approximate surface area is 131 Å². The molecule has 0 heterocycles. The Morgan fingerprint density at radius 1 is 1.45 bits per heavy atom. The lowest BCUT2D eigenvalue weighted by Gasteiger charge is -2.29. The normalized spacial score (nSPS) is 11.2. The van der Waals surface area contributed by atoms with Gasteiger partial charge in [-0.05, 0) is 40.5 Å². The van der Waals surface area contributed by atoms with Gasteiger partial charge in [0.15, 0.2) is 6.61 Å². The van der Waals surface area contributed by atoms with Crippen molar-refractivity contribution in [3.63, 3.8) is 0 Å². The largest absolute Gasteiger partial charge is 0.483 e. The van der Waals surface area contributed by atoms with Gasteiger partial charge in [-0.2, -0.15) is 0 Å². The topological polar surface area (TPSA) is 78.8 Å². The van der Waals surface area contributed by atoms with Crippen molar-refractivity contribution in [1.82, 2.24) is 5.32 Å². The van der Waals surface area contributed by atoms with Crippen LogP contribution in [0.4, 0.5) is 0 Å². The SMILES string of the molecule is CCC(CO)(CO)NC(=O)COc1ccc(Cl)cc1Br. The number of hydrogen-bond acceptors (Lipinski definition) is 4. The third-order valence-electron chi connectivity index (χ3n) is 2.94. The molecule has 0 saturated heterocycles. The Balaban J connectivity index is 2.59. The van der Waals surface area contributed by atoms with Gasteiger partial charge in [0.2, 0.25) is 0 Å². The fourth-order valence-electron chi connectivity index (χ4n) is 1.51. The molecule has 1 amide bonds. The van der Waals surface area contributed by atoms with Crippen molar-refractivity contribution in [3.8, 4) is 5.75 Å². The van der Waals surface area contributed by atoms with Crippen molar-refractivity contribution < 1.29 is 19.7 Å². The van der Waals surface area contributed by atoms with Gasteiger partial charge < -0.3 is 20.3 Å². The van der Waals surface area contributed by atoms with Crippen LogP contribution in [0, 0.1) is 0 Å². The molecular formula is C13H17BrClNO4. The zero-order valence-corrected chi connectivity index (χ0v) is 13.4. The highest BCUT2D eigenvalue weighted by Gasteiger charge is 2.28. The second-order valence-electron chi connectivity index (χ2n) is 4.36. The molecule has 7 heteroatoms. The number of carbonyl (C=O) groups excluding carboxylic acids is 1. The van der Waals surface area contributed by atoms with Crippen molar-refractivity contribution in [2.75, 3.05) is 19.8 Å². The van der Waals surface area contributed by atoms with E-state index in [-0.39, 0.29) is 19.8 Å². The van der Waals surface area contributed by atoms with Crippen molar-refractivity contribution in [1.29, 1.82) is 0 Å². The first kappa shape index (κ1) is 17.2. The van der Waals surface area contributed by atoms with Gasteiger partial charge in [-0.1, -0.05) is 18.5 Å². The predicted octanol–water partition coefficient (Wildman–Crippen LogP) is 1.73. The lowest BCUT2D eigenvalue weighted by Crippen LogP contribution is -2.55. The fraction of sp³-hybridized carbons (Fsp3) is 0.462. The van der Waals surface area contributed by atoms with Crippen LogP contribution < -0.4 is 10.1 Å². The summed E-state index contributed by atoms with van der Waals surface area (Å²) < 4.78 is 5.99. The van der Waals surface area contributed by atoms with E-state index in [2.05, 4.69) is 21.2 Å². The third-order valence-corrected chi connectivity index (χ3v) is 3.79. The summed E-state index contributed by atoms with van der Waals surface area (Å²) in [4.78, 5) is 11.8. The second kappa shape index (κ2) is 7.83. The van der Waals surface area contributed by atoms with Gasteiger partial charge in [0.25, 0.3) is 5.91 Å². The number of rotatable bonds is 7. The molecule has 0 aliphatic heterocycles. The zero-order chi connectivity index (χ0) is 15.2. The number of ether oxygens (including phenoxy) is 1. The maximum atomic E-state index is 11.8. The van der Waals surface area contributed by atoms with Gasteiger partial charge in [-0.15, -0.1) is 0 Å². The Morgan fingerprint density at radius 3 is 2.60 bits per heavy atom. The first-order valence-electron chi connectivity index (χ1n) is 6.07. The van der Waals surface area contributed by atoms with Gasteiger partial charge in [-0.25, -0.2) is 0 Å². The van der Waals surface area contributed by atoms with Crippen LogP contribution in [0.25, 0.3) is 0 Å². The molecule has 0 radical (unpaired) electrons. The molecule has 1 rings (SSSR count). The first-order chi connectivity index (χ1) is 9.46. The molecule has 0 unspecified atom stereocenters. The smallest absolute Gasteiger partial charge is 0.258 e. The summed E-state index contributed by atoms with van der Waals surface area (Å²) in [6.07, 6.45) is 0.413. The lowest BCUT2D eigenvalue weighted by atomic mass is 9.98. The molecule has 0 fully saturated rings. The number of benzene rings is 1. The lowest BCUT2D eigenvalue weighted by molar-refractivity contribution is -0.126. The van der Waals surface area contributed by atoms with Gasteiger partial charge in [0, 0.05) is 5.02 Å². The van der Waals surface area contributed by atoms with Crippen LogP contribution in [0.15, 0.2) is 22.7 Å². The van der Waals surface area contributed by atoms with Gasteiger partial charge in [0.1, 0.15) is 5.75 Å². The van der Waals surface area contributed by atoms with Crippen molar-refractivity contribution >= 4 is 33.4 Å². The zero-order valence-electron chi connectivity index (χ0n) is 11.0.